The van der Waals surface area contributed by atoms with Gasteiger partial charge in [0.2, 0.25) is 0 Å². The molecule has 0 saturated heterocycles. The first-order chi connectivity index (χ1) is 16.5. The highest BCUT2D eigenvalue weighted by molar-refractivity contribution is 6.30. The average molecular weight is 476 g/mol. The molecule has 0 aliphatic heterocycles. The van der Waals surface area contributed by atoms with Crippen molar-refractivity contribution in [3.05, 3.63) is 94.0 Å². The van der Waals surface area contributed by atoms with Crippen molar-refractivity contribution < 1.29 is 4.74 Å². The molecule has 0 atom stereocenters. The minimum Gasteiger partial charge on any atom is -0.490 e. The third-order valence-corrected chi connectivity index (χ3v) is 5.39. The van der Waals surface area contributed by atoms with Gasteiger partial charge in [-0.05, 0) is 50.3 Å². The molecule has 0 radical (unpaired) electrons. The van der Waals surface area contributed by atoms with Gasteiger partial charge in [0.25, 0.3) is 5.56 Å². The van der Waals surface area contributed by atoms with E-state index < -0.39 is 0 Å². The zero-order valence-corrected chi connectivity index (χ0v) is 19.9. The van der Waals surface area contributed by atoms with E-state index in [9.17, 15) is 4.79 Å². The molecule has 8 heteroatoms. The van der Waals surface area contributed by atoms with Gasteiger partial charge in [-0.3, -0.25) is 4.79 Å². The smallest absolute Gasteiger partial charge is 0.267 e. The number of ether oxygens (including phenoxy) is 1. The van der Waals surface area contributed by atoms with Gasteiger partial charge in [0, 0.05) is 28.8 Å². The minimum absolute atomic E-state index is 0.178. The number of hydrogen-bond donors (Lipinski definition) is 0. The molecule has 4 rings (SSSR count). The van der Waals surface area contributed by atoms with Gasteiger partial charge < -0.3 is 9.64 Å². The third kappa shape index (κ3) is 6.27. The van der Waals surface area contributed by atoms with Crippen LogP contribution in [0.5, 0.6) is 5.75 Å². The molecular weight excluding hydrogens is 450 g/mol. The summed E-state index contributed by atoms with van der Waals surface area (Å²) in [5.41, 5.74) is 3.14. The number of nitrogens with zero attached hydrogens (tertiary/aromatic N) is 5. The van der Waals surface area contributed by atoms with Crippen LogP contribution in [-0.2, 0) is 6.54 Å². The Labute approximate surface area is 203 Å². The van der Waals surface area contributed by atoms with E-state index >= 15 is 0 Å². The molecule has 0 aliphatic rings. The third-order valence-electron chi connectivity index (χ3n) is 5.15. The normalized spacial score (nSPS) is 11.1. The molecule has 0 bridgehead atoms. The highest BCUT2D eigenvalue weighted by atomic mass is 35.5. The molecule has 0 N–H and O–H groups in total. The van der Waals surface area contributed by atoms with Crippen molar-refractivity contribution in [2.24, 2.45) is 0 Å². The molecule has 4 aromatic rings. The predicted molar refractivity (Wildman–Crippen MR) is 134 cm³/mol. The van der Waals surface area contributed by atoms with Gasteiger partial charge in [-0.1, -0.05) is 41.9 Å². The van der Waals surface area contributed by atoms with Crippen molar-refractivity contribution in [1.82, 2.24) is 24.6 Å². The van der Waals surface area contributed by atoms with E-state index in [-0.39, 0.29) is 5.56 Å². The highest BCUT2D eigenvalue weighted by Gasteiger charge is 2.08. The van der Waals surface area contributed by atoms with Crippen LogP contribution in [0.3, 0.4) is 0 Å². The largest absolute Gasteiger partial charge is 0.490 e. The van der Waals surface area contributed by atoms with Crippen LogP contribution in [-0.4, -0.2) is 51.9 Å². The fourth-order valence-electron chi connectivity index (χ4n) is 3.46. The molecule has 7 nitrogen and oxygen atoms in total. The topological polar surface area (TPSA) is 73.1 Å². The number of benzene rings is 2. The van der Waals surface area contributed by atoms with Crippen LogP contribution in [0.4, 0.5) is 0 Å². The van der Waals surface area contributed by atoms with Gasteiger partial charge in [-0.25, -0.2) is 14.6 Å². The molecule has 2 aromatic heterocycles. The number of aromatic nitrogens is 4. The Bertz CT molecular complexity index is 1310. The second-order valence-electron chi connectivity index (χ2n) is 8.17. The van der Waals surface area contributed by atoms with E-state index in [1.807, 2.05) is 56.6 Å². The number of halogens is 1. The molecule has 0 saturated carbocycles. The van der Waals surface area contributed by atoms with Crippen LogP contribution in [0.25, 0.3) is 22.6 Å². The highest BCUT2D eigenvalue weighted by Crippen LogP contribution is 2.21. The lowest BCUT2D eigenvalue weighted by molar-refractivity contribution is 0.280. The maximum atomic E-state index is 12.4. The second-order valence-corrected chi connectivity index (χ2v) is 8.61. The Balaban J connectivity index is 1.48. The van der Waals surface area contributed by atoms with Crippen LogP contribution in [0, 0.1) is 0 Å². The van der Waals surface area contributed by atoms with Crippen molar-refractivity contribution in [3.63, 3.8) is 0 Å². The number of rotatable bonds is 9. The van der Waals surface area contributed by atoms with Crippen LogP contribution in [0.15, 0.2) is 77.9 Å². The summed E-state index contributed by atoms with van der Waals surface area (Å²) in [5.74, 6) is 1.24. The lowest BCUT2D eigenvalue weighted by Gasteiger charge is -2.10. The quantitative estimate of drug-likeness (QED) is 0.334. The lowest BCUT2D eigenvalue weighted by Crippen LogP contribution is -2.22. The Hall–Kier alpha value is -3.55. The summed E-state index contributed by atoms with van der Waals surface area (Å²) in [6.07, 6.45) is 4.30. The average Bonchev–Trinajstić information content (AvgIpc) is 2.84. The van der Waals surface area contributed by atoms with Gasteiger partial charge in [-0.2, -0.15) is 5.10 Å². The SMILES string of the molecule is CN(C)CCCOc1cnc(-c2cccc(Cn3nc(-c4cccc(Cl)c4)ccc3=O)c2)nc1. The molecule has 0 unspecified atom stereocenters. The standard InChI is InChI=1S/C26H26ClN5O2/c1-31(2)12-5-13-34-23-16-28-26(29-17-23)21-8-3-6-19(14-21)18-32-25(33)11-10-24(30-32)20-7-4-9-22(27)15-20/h3-4,6-11,14-17H,5,12-13,18H2,1-2H3. The Morgan fingerprint density at radius 1 is 0.971 bits per heavy atom. The summed E-state index contributed by atoms with van der Waals surface area (Å²) < 4.78 is 7.16. The summed E-state index contributed by atoms with van der Waals surface area (Å²) in [6.45, 7) is 1.91. The first kappa shape index (κ1) is 23.6. The Morgan fingerprint density at radius 3 is 2.50 bits per heavy atom. The molecule has 0 aliphatic carbocycles. The van der Waals surface area contributed by atoms with Gasteiger partial charge in [-0.15, -0.1) is 0 Å². The van der Waals surface area contributed by atoms with Crippen LogP contribution >= 0.6 is 11.6 Å². The predicted octanol–water partition coefficient (Wildman–Crippen LogP) is 4.40. The van der Waals surface area contributed by atoms with Crippen LogP contribution in [0.1, 0.15) is 12.0 Å². The van der Waals surface area contributed by atoms with Crippen LogP contribution in [0.2, 0.25) is 5.02 Å². The first-order valence-corrected chi connectivity index (χ1v) is 11.4. The summed E-state index contributed by atoms with van der Waals surface area (Å²) in [6, 6.07) is 18.4. The van der Waals surface area contributed by atoms with Gasteiger partial charge >= 0.3 is 0 Å². The second kappa shape index (κ2) is 11.0. The van der Waals surface area contributed by atoms with Crippen molar-refractivity contribution in [1.29, 1.82) is 0 Å². The fourth-order valence-corrected chi connectivity index (χ4v) is 3.65. The summed E-state index contributed by atoms with van der Waals surface area (Å²) in [5, 5.41) is 5.15. The van der Waals surface area contributed by atoms with E-state index in [4.69, 9.17) is 16.3 Å². The number of hydrogen-bond acceptors (Lipinski definition) is 6. The maximum Gasteiger partial charge on any atom is 0.267 e. The van der Waals surface area contributed by atoms with E-state index in [1.165, 1.54) is 10.7 Å². The van der Waals surface area contributed by atoms with Gasteiger partial charge in [0.1, 0.15) is 0 Å². The monoisotopic (exact) mass is 475 g/mol. The Kier molecular flexibility index (Phi) is 7.67. The molecule has 0 amide bonds. The van der Waals surface area contributed by atoms with Crippen molar-refractivity contribution in [2.75, 3.05) is 27.2 Å². The van der Waals surface area contributed by atoms with Gasteiger partial charge in [0.15, 0.2) is 11.6 Å². The van der Waals surface area contributed by atoms with E-state index in [1.54, 1.807) is 24.5 Å². The van der Waals surface area contributed by atoms with Gasteiger partial charge in [0.05, 0.1) is 31.2 Å². The first-order valence-electron chi connectivity index (χ1n) is 11.0. The van der Waals surface area contributed by atoms with E-state index in [0.29, 0.717) is 35.4 Å². The molecule has 0 spiro atoms. The minimum atomic E-state index is -0.178. The molecule has 2 heterocycles. The molecule has 174 valence electrons. The summed E-state index contributed by atoms with van der Waals surface area (Å²) in [7, 11) is 4.07. The zero-order valence-electron chi connectivity index (χ0n) is 19.2. The van der Waals surface area contributed by atoms with Crippen molar-refractivity contribution in [2.45, 2.75) is 13.0 Å². The summed E-state index contributed by atoms with van der Waals surface area (Å²) >= 11 is 6.11. The van der Waals surface area contributed by atoms with E-state index in [2.05, 4.69) is 20.0 Å². The molecular formula is C26H26ClN5O2. The molecule has 0 fully saturated rings. The maximum absolute atomic E-state index is 12.4. The zero-order chi connectivity index (χ0) is 23.9. The molecule has 2 aromatic carbocycles. The van der Waals surface area contributed by atoms with Crippen molar-refractivity contribution >= 4 is 11.6 Å². The Morgan fingerprint density at radius 2 is 1.74 bits per heavy atom. The summed E-state index contributed by atoms with van der Waals surface area (Å²) in [4.78, 5) is 23.5. The van der Waals surface area contributed by atoms with E-state index in [0.717, 1.165) is 29.7 Å². The van der Waals surface area contributed by atoms with Crippen molar-refractivity contribution in [3.8, 4) is 28.4 Å². The molecule has 34 heavy (non-hydrogen) atoms. The van der Waals surface area contributed by atoms with Crippen LogP contribution < -0.4 is 10.3 Å². The lowest BCUT2D eigenvalue weighted by atomic mass is 10.1. The fraction of sp³-hybridized carbons (Fsp3) is 0.231.